The molecular weight excluding hydrogens is 692 g/mol. The summed E-state index contributed by atoms with van der Waals surface area (Å²) < 4.78 is 28.2. The summed E-state index contributed by atoms with van der Waals surface area (Å²) in [6, 6.07) is 0. The maximum atomic E-state index is 13.2. The number of carbonyl (C=O) groups excluding carboxylic acids is 5. The predicted octanol–water partition coefficient (Wildman–Crippen LogP) is 6.80. The van der Waals surface area contributed by atoms with Gasteiger partial charge < -0.3 is 28.8 Å². The SMILES string of the molecule is CC(=O)OC1[C@H]([C@H](O)C[C@]23CCC(C)(C)CC2C2=CCC4[C@@]5(C)CCC(=O)C(C)(C)C5CC[C@@]4(C)[C@]2(C)CC3)OC(OC=O)[C@@H](OC(C)=O)[C@@H]1OC(C)=O. The number of rotatable bonds is 8. The molecule has 0 aromatic carbocycles. The average molecular weight is 757 g/mol. The van der Waals surface area contributed by atoms with Crippen LogP contribution in [0.25, 0.3) is 0 Å². The molecule has 0 radical (unpaired) electrons. The highest BCUT2D eigenvalue weighted by Crippen LogP contribution is 2.76. The van der Waals surface area contributed by atoms with Gasteiger partial charge in [-0.3, -0.25) is 24.0 Å². The van der Waals surface area contributed by atoms with Crippen LogP contribution in [0.15, 0.2) is 11.6 Å². The van der Waals surface area contributed by atoms with Crippen LogP contribution in [0.2, 0.25) is 0 Å². The monoisotopic (exact) mass is 756 g/mol. The maximum absolute atomic E-state index is 13.2. The molecule has 6 rings (SSSR count). The van der Waals surface area contributed by atoms with Gasteiger partial charge in [0.15, 0.2) is 12.2 Å². The third-order valence-electron chi connectivity index (χ3n) is 16.2. The van der Waals surface area contributed by atoms with E-state index in [-0.39, 0.29) is 44.9 Å². The molecule has 0 bridgehead atoms. The molecule has 54 heavy (non-hydrogen) atoms. The van der Waals surface area contributed by atoms with Crippen LogP contribution >= 0.6 is 0 Å². The fourth-order valence-electron chi connectivity index (χ4n) is 13.3. The van der Waals surface area contributed by atoms with Crippen molar-refractivity contribution in [1.29, 1.82) is 0 Å². The van der Waals surface area contributed by atoms with Crippen molar-refractivity contribution in [1.82, 2.24) is 0 Å². The lowest BCUT2D eigenvalue weighted by Gasteiger charge is -2.71. The van der Waals surface area contributed by atoms with Crippen LogP contribution in [-0.2, 0) is 47.7 Å². The summed E-state index contributed by atoms with van der Waals surface area (Å²) in [5.41, 5.74) is 0.992. The van der Waals surface area contributed by atoms with Crippen LogP contribution in [0.4, 0.5) is 0 Å². The number of aliphatic hydroxyl groups is 1. The van der Waals surface area contributed by atoms with E-state index in [2.05, 4.69) is 54.5 Å². The Morgan fingerprint density at radius 3 is 2.09 bits per heavy atom. The smallest absolute Gasteiger partial charge is 0.303 e. The summed E-state index contributed by atoms with van der Waals surface area (Å²) in [6.45, 7) is 20.2. The first kappa shape index (κ1) is 40.9. The van der Waals surface area contributed by atoms with Gasteiger partial charge in [0, 0.05) is 32.6 Å². The minimum atomic E-state index is -1.52. The highest BCUT2D eigenvalue weighted by atomic mass is 16.7. The molecule has 0 aromatic rings. The van der Waals surface area contributed by atoms with Crippen LogP contribution < -0.4 is 0 Å². The van der Waals surface area contributed by atoms with Crippen molar-refractivity contribution in [2.24, 2.45) is 50.2 Å². The zero-order valence-electron chi connectivity index (χ0n) is 34.2. The second kappa shape index (κ2) is 14.0. The maximum Gasteiger partial charge on any atom is 0.303 e. The molecule has 0 amide bonds. The Balaban J connectivity index is 1.37. The van der Waals surface area contributed by atoms with E-state index < -0.39 is 54.7 Å². The minimum Gasteiger partial charge on any atom is -0.456 e. The Bertz CT molecular complexity index is 1570. The van der Waals surface area contributed by atoms with Crippen LogP contribution in [0, 0.1) is 50.2 Å². The third kappa shape index (κ3) is 6.54. The topological polar surface area (TPSA) is 152 Å². The molecule has 1 aliphatic heterocycles. The minimum absolute atomic E-state index is 0.0421. The average Bonchev–Trinajstić information content (AvgIpc) is 3.05. The van der Waals surface area contributed by atoms with E-state index in [4.69, 9.17) is 23.7 Å². The van der Waals surface area contributed by atoms with Crippen LogP contribution in [0.5, 0.6) is 0 Å². The van der Waals surface area contributed by atoms with Crippen molar-refractivity contribution in [3.05, 3.63) is 11.6 Å². The number of esters is 3. The summed E-state index contributed by atoms with van der Waals surface area (Å²) in [6.07, 6.45) is 4.02. The van der Waals surface area contributed by atoms with E-state index in [1.807, 2.05) is 0 Å². The molecule has 0 aromatic heterocycles. The normalized spacial score (nSPS) is 44.1. The van der Waals surface area contributed by atoms with Gasteiger partial charge in [-0.2, -0.15) is 0 Å². The zero-order valence-corrected chi connectivity index (χ0v) is 34.2. The van der Waals surface area contributed by atoms with Crippen molar-refractivity contribution >= 4 is 30.2 Å². The fourth-order valence-corrected chi connectivity index (χ4v) is 13.3. The second-order valence-electron chi connectivity index (χ2n) is 19.9. The van der Waals surface area contributed by atoms with E-state index in [0.29, 0.717) is 30.5 Å². The Labute approximate surface area is 321 Å². The van der Waals surface area contributed by atoms with E-state index in [9.17, 15) is 29.1 Å². The molecule has 1 heterocycles. The summed E-state index contributed by atoms with van der Waals surface area (Å²) in [4.78, 5) is 61.9. The van der Waals surface area contributed by atoms with Crippen molar-refractivity contribution in [2.75, 3.05) is 0 Å². The molecule has 302 valence electrons. The number of aliphatic hydroxyl groups excluding tert-OH is 1. The number of fused-ring (bicyclic) bond motifs is 7. The van der Waals surface area contributed by atoms with E-state index >= 15 is 0 Å². The lowest BCUT2D eigenvalue weighted by Crippen LogP contribution is -2.65. The van der Waals surface area contributed by atoms with Crippen LogP contribution in [-0.4, -0.2) is 72.1 Å². The molecule has 1 N–H and O–H groups in total. The van der Waals surface area contributed by atoms with Gasteiger partial charge >= 0.3 is 17.9 Å². The fraction of sp³-hybridized carbons (Fsp3) is 0.837. The Hall–Kier alpha value is -2.79. The molecule has 13 atom stereocenters. The first-order valence-corrected chi connectivity index (χ1v) is 20.2. The number of hydrogen-bond acceptors (Lipinski definition) is 11. The number of carbonyl (C=O) groups is 5. The summed E-state index contributed by atoms with van der Waals surface area (Å²) in [5.74, 6) is -0.800. The number of ether oxygens (including phenoxy) is 5. The number of Topliss-reactive ketones (excluding diaryl/α,β-unsaturated/α-hetero) is 1. The first-order chi connectivity index (χ1) is 25.0. The molecule has 1 saturated heterocycles. The Morgan fingerprint density at radius 1 is 0.852 bits per heavy atom. The van der Waals surface area contributed by atoms with Gasteiger partial charge in [-0.25, -0.2) is 0 Å². The molecule has 5 aliphatic carbocycles. The zero-order chi connectivity index (χ0) is 39.8. The quantitative estimate of drug-likeness (QED) is 0.121. The van der Waals surface area contributed by atoms with Gasteiger partial charge in [0.1, 0.15) is 11.9 Å². The van der Waals surface area contributed by atoms with Crippen molar-refractivity contribution < 1.29 is 52.8 Å². The summed E-state index contributed by atoms with van der Waals surface area (Å²) >= 11 is 0. The summed E-state index contributed by atoms with van der Waals surface area (Å²) in [5, 5.41) is 12.4. The van der Waals surface area contributed by atoms with Crippen molar-refractivity contribution in [2.45, 2.75) is 177 Å². The largest absolute Gasteiger partial charge is 0.456 e. The van der Waals surface area contributed by atoms with E-state index in [1.165, 1.54) is 19.4 Å². The number of allylic oxidation sites excluding steroid dienone is 2. The van der Waals surface area contributed by atoms with Gasteiger partial charge in [-0.15, -0.1) is 0 Å². The molecule has 11 heteroatoms. The van der Waals surface area contributed by atoms with E-state index in [1.54, 1.807) is 0 Å². The van der Waals surface area contributed by atoms with Crippen molar-refractivity contribution in [3.8, 4) is 0 Å². The number of ketones is 1. The standard InChI is InChI=1S/C43H64O11/c1-24(45)51-34-33(54-37(50-23-44)36(53-26(3)47)35(34)52-25(2)46)29(48)22-43-19-17-38(4,5)21-28(43)27-11-12-31-40(8)15-14-32(49)39(6,7)30(40)13-16-42(31,10)41(27,9)18-20-43/h11,23,28-31,33-37,48H,12-22H2,1-10H3/t28?,29-,30?,31?,33+,34?,35-,36+,37?,40+,41-,42-,43-/m1/s1. The third-order valence-corrected chi connectivity index (χ3v) is 16.2. The van der Waals surface area contributed by atoms with Gasteiger partial charge in [-0.1, -0.05) is 60.1 Å². The highest BCUT2D eigenvalue weighted by Gasteiger charge is 2.69. The Kier molecular flexibility index (Phi) is 10.6. The van der Waals surface area contributed by atoms with Crippen LogP contribution in [0.3, 0.4) is 0 Å². The predicted molar refractivity (Wildman–Crippen MR) is 197 cm³/mol. The van der Waals surface area contributed by atoms with Crippen LogP contribution in [0.1, 0.15) is 140 Å². The molecule has 6 aliphatic rings. The highest BCUT2D eigenvalue weighted by molar-refractivity contribution is 5.85. The molecular formula is C43H64O11. The van der Waals surface area contributed by atoms with Gasteiger partial charge in [-0.05, 0) is 109 Å². The molecule has 0 spiro atoms. The van der Waals surface area contributed by atoms with Crippen molar-refractivity contribution in [3.63, 3.8) is 0 Å². The van der Waals surface area contributed by atoms with Gasteiger partial charge in [0.2, 0.25) is 12.4 Å². The molecule has 4 saturated carbocycles. The molecule has 11 nitrogen and oxygen atoms in total. The lowest BCUT2D eigenvalue weighted by molar-refractivity contribution is -0.307. The van der Waals surface area contributed by atoms with Gasteiger partial charge in [0.25, 0.3) is 6.47 Å². The summed E-state index contributed by atoms with van der Waals surface area (Å²) in [7, 11) is 0. The first-order valence-electron chi connectivity index (χ1n) is 20.2. The number of hydrogen-bond donors (Lipinski definition) is 1. The van der Waals surface area contributed by atoms with Gasteiger partial charge in [0.05, 0.1) is 6.10 Å². The Morgan fingerprint density at radius 2 is 1.46 bits per heavy atom. The molecule has 5 unspecified atom stereocenters. The van der Waals surface area contributed by atoms with E-state index in [0.717, 1.165) is 64.7 Å². The lowest BCUT2D eigenvalue weighted by atomic mass is 9.33. The second-order valence-corrected chi connectivity index (χ2v) is 19.9. The molecule has 5 fully saturated rings.